The van der Waals surface area contributed by atoms with Crippen molar-refractivity contribution < 1.29 is 4.79 Å². The summed E-state index contributed by atoms with van der Waals surface area (Å²) in [6.45, 7) is 0. The molecule has 3 rings (SSSR count). The molecule has 0 unspecified atom stereocenters. The number of carbonyl (C=O) groups is 1. The summed E-state index contributed by atoms with van der Waals surface area (Å²) in [7, 11) is 0. The van der Waals surface area contributed by atoms with Crippen molar-refractivity contribution in [3.63, 3.8) is 0 Å². The van der Waals surface area contributed by atoms with E-state index in [9.17, 15) is 4.79 Å². The van der Waals surface area contributed by atoms with E-state index in [-0.39, 0.29) is 11.5 Å². The number of anilines is 3. The molecule has 6 nitrogen and oxygen atoms in total. The summed E-state index contributed by atoms with van der Waals surface area (Å²) in [5, 5.41) is 15.6. The lowest BCUT2D eigenvalue weighted by atomic mass is 10.2. The number of hydrogen-bond acceptors (Lipinski definition) is 5. The van der Waals surface area contributed by atoms with Crippen LogP contribution in [0.5, 0.6) is 0 Å². The highest BCUT2D eigenvalue weighted by Gasteiger charge is 2.11. The molecule has 1 heterocycles. The smallest absolute Gasteiger partial charge is 0.258 e. The molecule has 0 spiro atoms. The molecule has 0 fully saturated rings. The molecule has 128 valence electrons. The average molecular weight is 384 g/mol. The lowest BCUT2D eigenvalue weighted by Crippen LogP contribution is -2.14. The molecule has 0 aliphatic carbocycles. The Hall–Kier alpha value is -3.14. The van der Waals surface area contributed by atoms with E-state index in [2.05, 4.69) is 20.6 Å². The summed E-state index contributed by atoms with van der Waals surface area (Å²) >= 11 is 12.0. The summed E-state index contributed by atoms with van der Waals surface area (Å²) in [6.07, 6.45) is 2.75. The molecule has 8 heteroatoms. The van der Waals surface area contributed by atoms with E-state index in [4.69, 9.17) is 28.5 Å². The number of amides is 1. The first kappa shape index (κ1) is 17.7. The summed E-state index contributed by atoms with van der Waals surface area (Å²) in [5.74, 6) is -0.150. The van der Waals surface area contributed by atoms with Crippen LogP contribution in [0.3, 0.4) is 0 Å². The molecule has 1 amide bonds. The number of carbonyl (C=O) groups excluding carboxylic acids is 1. The number of hydrogen-bond donors (Lipinski definition) is 2. The zero-order valence-corrected chi connectivity index (χ0v) is 14.7. The zero-order chi connectivity index (χ0) is 18.5. The van der Waals surface area contributed by atoms with E-state index in [1.54, 1.807) is 42.5 Å². The van der Waals surface area contributed by atoms with Gasteiger partial charge in [0.1, 0.15) is 6.07 Å². The first-order chi connectivity index (χ1) is 12.6. The Morgan fingerprint density at radius 3 is 2.50 bits per heavy atom. The molecule has 0 aliphatic rings. The topological polar surface area (TPSA) is 90.7 Å². The van der Waals surface area contributed by atoms with Gasteiger partial charge in [0.2, 0.25) is 5.95 Å². The first-order valence-corrected chi connectivity index (χ1v) is 8.17. The predicted molar refractivity (Wildman–Crippen MR) is 101 cm³/mol. The molecular formula is C18H11Cl2N5O. The second kappa shape index (κ2) is 7.83. The zero-order valence-electron chi connectivity index (χ0n) is 13.2. The molecule has 0 saturated carbocycles. The summed E-state index contributed by atoms with van der Waals surface area (Å²) in [5.41, 5.74) is 1.60. The standard InChI is InChI=1S/C18H11Cl2N5O/c19-13-5-6-14(20)16(7-13)25-18-22-9-12(10-23-18)17(26)24-15-4-2-1-3-11(15)8-21/h1-7,9-10H,(H,24,26)(H,22,23,25). The van der Waals surface area contributed by atoms with Crippen LogP contribution in [0, 0.1) is 11.3 Å². The SMILES string of the molecule is N#Cc1ccccc1NC(=O)c1cnc(Nc2cc(Cl)ccc2Cl)nc1. The highest BCUT2D eigenvalue weighted by molar-refractivity contribution is 6.35. The molecule has 26 heavy (non-hydrogen) atoms. The third-order valence-electron chi connectivity index (χ3n) is 3.38. The van der Waals surface area contributed by atoms with Crippen molar-refractivity contribution in [1.82, 2.24) is 9.97 Å². The van der Waals surface area contributed by atoms with Gasteiger partial charge in [0.05, 0.1) is 27.5 Å². The van der Waals surface area contributed by atoms with E-state index >= 15 is 0 Å². The number of benzene rings is 2. The Kier molecular flexibility index (Phi) is 5.32. The van der Waals surface area contributed by atoms with Gasteiger partial charge >= 0.3 is 0 Å². The molecule has 3 aromatic rings. The van der Waals surface area contributed by atoms with Crippen LogP contribution < -0.4 is 10.6 Å². The fourth-order valence-electron chi connectivity index (χ4n) is 2.11. The molecule has 2 N–H and O–H groups in total. The lowest BCUT2D eigenvalue weighted by Gasteiger charge is -2.09. The number of para-hydroxylation sites is 1. The number of aromatic nitrogens is 2. The Morgan fingerprint density at radius 2 is 1.77 bits per heavy atom. The third kappa shape index (κ3) is 4.09. The number of nitriles is 1. The van der Waals surface area contributed by atoms with Gasteiger partial charge in [-0.2, -0.15) is 5.26 Å². The van der Waals surface area contributed by atoms with Gasteiger partial charge in [0.25, 0.3) is 5.91 Å². The molecule has 0 atom stereocenters. The molecule has 1 aromatic heterocycles. The number of rotatable bonds is 4. The monoisotopic (exact) mass is 383 g/mol. The normalized spacial score (nSPS) is 10.0. The maximum absolute atomic E-state index is 12.3. The van der Waals surface area contributed by atoms with Crippen LogP contribution in [0.4, 0.5) is 17.3 Å². The maximum atomic E-state index is 12.3. The number of nitrogens with zero attached hydrogens (tertiary/aromatic N) is 3. The molecule has 0 saturated heterocycles. The second-order valence-corrected chi connectivity index (χ2v) is 6.00. The van der Waals surface area contributed by atoms with Gasteiger partial charge in [-0.1, -0.05) is 35.3 Å². The van der Waals surface area contributed by atoms with Gasteiger partial charge in [-0.3, -0.25) is 4.79 Å². The van der Waals surface area contributed by atoms with Crippen molar-refractivity contribution in [3.05, 3.63) is 76.0 Å². The lowest BCUT2D eigenvalue weighted by molar-refractivity contribution is 0.102. The van der Waals surface area contributed by atoms with Crippen LogP contribution in [-0.4, -0.2) is 15.9 Å². The fourth-order valence-corrected chi connectivity index (χ4v) is 2.44. The minimum atomic E-state index is -0.417. The van der Waals surface area contributed by atoms with E-state index in [1.807, 2.05) is 6.07 Å². The van der Waals surface area contributed by atoms with Crippen LogP contribution in [0.25, 0.3) is 0 Å². The second-order valence-electron chi connectivity index (χ2n) is 5.16. The van der Waals surface area contributed by atoms with Gasteiger partial charge < -0.3 is 10.6 Å². The van der Waals surface area contributed by atoms with Crippen molar-refractivity contribution in [3.8, 4) is 6.07 Å². The van der Waals surface area contributed by atoms with Crippen molar-refractivity contribution >= 4 is 46.4 Å². The summed E-state index contributed by atoms with van der Waals surface area (Å²) < 4.78 is 0. The van der Waals surface area contributed by atoms with E-state index in [1.165, 1.54) is 12.4 Å². The van der Waals surface area contributed by atoms with Gasteiger partial charge in [-0.05, 0) is 30.3 Å². The fraction of sp³-hybridized carbons (Fsp3) is 0. The predicted octanol–water partition coefficient (Wildman–Crippen LogP) is 4.65. The number of nitrogens with one attached hydrogen (secondary N) is 2. The van der Waals surface area contributed by atoms with E-state index in [0.717, 1.165) is 0 Å². The minimum Gasteiger partial charge on any atom is -0.323 e. The summed E-state index contributed by atoms with van der Waals surface area (Å²) in [6, 6.07) is 13.7. The molecular weight excluding hydrogens is 373 g/mol. The van der Waals surface area contributed by atoms with E-state index in [0.29, 0.717) is 27.0 Å². The van der Waals surface area contributed by atoms with Gasteiger partial charge in [0, 0.05) is 17.4 Å². The van der Waals surface area contributed by atoms with Crippen LogP contribution in [0.1, 0.15) is 15.9 Å². The first-order valence-electron chi connectivity index (χ1n) is 7.41. The van der Waals surface area contributed by atoms with Crippen molar-refractivity contribution in [2.75, 3.05) is 10.6 Å². The quantitative estimate of drug-likeness (QED) is 0.683. The highest BCUT2D eigenvalue weighted by Crippen LogP contribution is 2.27. The van der Waals surface area contributed by atoms with Crippen molar-refractivity contribution in [2.24, 2.45) is 0 Å². The van der Waals surface area contributed by atoms with Crippen LogP contribution in [0.15, 0.2) is 54.9 Å². The maximum Gasteiger partial charge on any atom is 0.258 e. The highest BCUT2D eigenvalue weighted by atomic mass is 35.5. The van der Waals surface area contributed by atoms with Crippen molar-refractivity contribution in [2.45, 2.75) is 0 Å². The van der Waals surface area contributed by atoms with Crippen LogP contribution in [-0.2, 0) is 0 Å². The van der Waals surface area contributed by atoms with Gasteiger partial charge in [0.15, 0.2) is 0 Å². The van der Waals surface area contributed by atoms with Crippen molar-refractivity contribution in [1.29, 1.82) is 5.26 Å². The van der Waals surface area contributed by atoms with Crippen LogP contribution >= 0.6 is 23.2 Å². The Morgan fingerprint density at radius 1 is 1.04 bits per heavy atom. The molecule has 0 radical (unpaired) electrons. The number of halogens is 2. The Labute approximate surface area is 159 Å². The van der Waals surface area contributed by atoms with Gasteiger partial charge in [-0.15, -0.1) is 0 Å². The van der Waals surface area contributed by atoms with Crippen LogP contribution in [0.2, 0.25) is 10.0 Å². The molecule has 0 bridgehead atoms. The third-order valence-corrected chi connectivity index (χ3v) is 3.95. The Balaban J connectivity index is 1.74. The average Bonchev–Trinajstić information content (AvgIpc) is 2.65. The molecule has 2 aromatic carbocycles. The summed E-state index contributed by atoms with van der Waals surface area (Å²) in [4.78, 5) is 20.5. The minimum absolute atomic E-state index is 0.250. The van der Waals surface area contributed by atoms with E-state index < -0.39 is 5.91 Å². The molecule has 0 aliphatic heterocycles. The largest absolute Gasteiger partial charge is 0.323 e. The Bertz CT molecular complexity index is 999. The van der Waals surface area contributed by atoms with Gasteiger partial charge in [-0.25, -0.2) is 9.97 Å².